The van der Waals surface area contributed by atoms with Crippen LogP contribution >= 0.6 is 11.6 Å². The largest absolute Gasteiger partial charge is 0.293 e. The molecule has 0 amide bonds. The van der Waals surface area contributed by atoms with Crippen LogP contribution in [0.5, 0.6) is 0 Å². The topological polar surface area (TPSA) is 20.3 Å². The highest BCUT2D eigenvalue weighted by atomic mass is 35.5. The van der Waals surface area contributed by atoms with Crippen LogP contribution in [-0.2, 0) is 0 Å². The Morgan fingerprint density at radius 3 is 2.89 bits per heavy atom. The van der Waals surface area contributed by atoms with Gasteiger partial charge in [-0.1, -0.05) is 30.7 Å². The fraction of sp³-hybridized carbons (Fsp3) is 0.533. The molecule has 2 atom stereocenters. The van der Waals surface area contributed by atoms with Gasteiger partial charge in [0.1, 0.15) is 0 Å². The second-order valence-corrected chi connectivity index (χ2v) is 5.53. The molecule has 1 aliphatic heterocycles. The van der Waals surface area contributed by atoms with Crippen LogP contribution in [0.25, 0.3) is 0 Å². The molecular formula is C15H20ClNO. The van der Waals surface area contributed by atoms with Crippen LogP contribution in [0.15, 0.2) is 24.3 Å². The van der Waals surface area contributed by atoms with Crippen molar-refractivity contribution in [2.24, 2.45) is 0 Å². The molecule has 1 aromatic carbocycles. The van der Waals surface area contributed by atoms with Gasteiger partial charge in [-0.25, -0.2) is 0 Å². The molecule has 0 aromatic heterocycles. The van der Waals surface area contributed by atoms with Crippen molar-refractivity contribution in [3.05, 3.63) is 34.9 Å². The molecule has 98 valence electrons. The number of rotatable bonds is 4. The van der Waals surface area contributed by atoms with Crippen molar-refractivity contribution in [2.75, 3.05) is 6.54 Å². The smallest absolute Gasteiger partial charge is 0.176 e. The van der Waals surface area contributed by atoms with E-state index in [9.17, 15) is 4.79 Å². The summed E-state index contributed by atoms with van der Waals surface area (Å²) >= 11 is 5.92. The van der Waals surface area contributed by atoms with Gasteiger partial charge in [0, 0.05) is 22.7 Å². The maximum absolute atomic E-state index is 12.3. The van der Waals surface area contributed by atoms with Crippen molar-refractivity contribution in [3.8, 4) is 0 Å². The minimum atomic E-state index is 0.171. The molecule has 2 unspecified atom stereocenters. The standard InChI is InChI=1S/C15H20ClNO/c1-3-14-8-7-11(2)17(14)10-15(18)12-5-4-6-13(16)9-12/h4-6,9,11,14H,3,7-8,10H2,1-2H3. The van der Waals surface area contributed by atoms with Gasteiger partial charge in [-0.05, 0) is 38.3 Å². The van der Waals surface area contributed by atoms with Gasteiger partial charge in [0.05, 0.1) is 6.54 Å². The molecule has 2 rings (SSSR count). The zero-order chi connectivity index (χ0) is 13.1. The molecule has 3 heteroatoms. The Morgan fingerprint density at radius 2 is 2.22 bits per heavy atom. The lowest BCUT2D eigenvalue weighted by Gasteiger charge is -2.26. The maximum Gasteiger partial charge on any atom is 0.176 e. The predicted octanol–water partition coefficient (Wildman–Crippen LogP) is 3.79. The maximum atomic E-state index is 12.3. The second kappa shape index (κ2) is 5.85. The van der Waals surface area contributed by atoms with E-state index in [1.165, 1.54) is 12.8 Å². The quantitative estimate of drug-likeness (QED) is 0.772. The van der Waals surface area contributed by atoms with Gasteiger partial charge >= 0.3 is 0 Å². The minimum Gasteiger partial charge on any atom is -0.293 e. The summed E-state index contributed by atoms with van der Waals surface area (Å²) < 4.78 is 0. The Bertz CT molecular complexity index is 432. The van der Waals surface area contributed by atoms with E-state index < -0.39 is 0 Å². The number of carbonyl (C=O) groups is 1. The fourth-order valence-corrected chi connectivity index (χ4v) is 2.96. The highest BCUT2D eigenvalue weighted by Crippen LogP contribution is 2.26. The van der Waals surface area contributed by atoms with Crippen LogP contribution in [0, 0.1) is 0 Å². The summed E-state index contributed by atoms with van der Waals surface area (Å²) in [6, 6.07) is 8.30. The molecule has 0 N–H and O–H groups in total. The zero-order valence-corrected chi connectivity index (χ0v) is 11.8. The number of halogens is 1. The van der Waals surface area contributed by atoms with E-state index in [0.29, 0.717) is 23.7 Å². The molecule has 1 aliphatic rings. The van der Waals surface area contributed by atoms with Crippen LogP contribution in [0.2, 0.25) is 5.02 Å². The molecule has 0 saturated carbocycles. The van der Waals surface area contributed by atoms with Gasteiger partial charge in [-0.15, -0.1) is 0 Å². The van der Waals surface area contributed by atoms with Gasteiger partial charge in [-0.2, -0.15) is 0 Å². The van der Waals surface area contributed by atoms with Crippen molar-refractivity contribution in [1.82, 2.24) is 4.90 Å². The van der Waals surface area contributed by atoms with Gasteiger partial charge in [0.25, 0.3) is 0 Å². The monoisotopic (exact) mass is 265 g/mol. The van der Waals surface area contributed by atoms with Crippen molar-refractivity contribution in [3.63, 3.8) is 0 Å². The number of likely N-dealkylation sites (tertiary alicyclic amines) is 1. The van der Waals surface area contributed by atoms with Crippen molar-refractivity contribution in [2.45, 2.75) is 45.2 Å². The van der Waals surface area contributed by atoms with Crippen molar-refractivity contribution < 1.29 is 4.79 Å². The summed E-state index contributed by atoms with van der Waals surface area (Å²) in [5.41, 5.74) is 0.719. The van der Waals surface area contributed by atoms with E-state index in [4.69, 9.17) is 11.6 Å². The van der Waals surface area contributed by atoms with Crippen LogP contribution in [-0.4, -0.2) is 29.3 Å². The third-order valence-corrected chi connectivity index (χ3v) is 4.13. The molecule has 18 heavy (non-hydrogen) atoms. The van der Waals surface area contributed by atoms with E-state index in [2.05, 4.69) is 18.7 Å². The summed E-state index contributed by atoms with van der Waals surface area (Å²) in [5, 5.41) is 0.627. The zero-order valence-electron chi connectivity index (χ0n) is 11.0. The normalized spacial score (nSPS) is 24.4. The van der Waals surface area contributed by atoms with E-state index in [0.717, 1.165) is 12.0 Å². The number of benzene rings is 1. The van der Waals surface area contributed by atoms with Gasteiger partial charge in [0.2, 0.25) is 0 Å². The number of carbonyl (C=O) groups excluding carboxylic acids is 1. The molecule has 1 heterocycles. The van der Waals surface area contributed by atoms with Crippen molar-refractivity contribution in [1.29, 1.82) is 0 Å². The lowest BCUT2D eigenvalue weighted by molar-refractivity contribution is 0.0889. The number of hydrogen-bond donors (Lipinski definition) is 0. The third kappa shape index (κ3) is 2.93. The molecule has 2 nitrogen and oxygen atoms in total. The van der Waals surface area contributed by atoms with E-state index >= 15 is 0 Å². The molecule has 1 aromatic rings. The highest BCUT2D eigenvalue weighted by Gasteiger charge is 2.30. The molecule has 1 saturated heterocycles. The number of ketones is 1. The van der Waals surface area contributed by atoms with E-state index in [1.807, 2.05) is 12.1 Å². The lowest BCUT2D eigenvalue weighted by atomic mass is 10.1. The minimum absolute atomic E-state index is 0.171. The first-order valence-corrected chi connectivity index (χ1v) is 7.04. The summed E-state index contributed by atoms with van der Waals surface area (Å²) in [7, 11) is 0. The first-order chi connectivity index (χ1) is 8.61. The molecular weight excluding hydrogens is 246 g/mol. The number of nitrogens with zero attached hydrogens (tertiary/aromatic N) is 1. The van der Waals surface area contributed by atoms with Gasteiger partial charge < -0.3 is 0 Å². The van der Waals surface area contributed by atoms with Crippen LogP contribution in [0.1, 0.15) is 43.5 Å². The molecule has 1 fully saturated rings. The first kappa shape index (κ1) is 13.6. The Balaban J connectivity index is 2.07. The Kier molecular flexibility index (Phi) is 4.41. The molecule has 0 spiro atoms. The summed E-state index contributed by atoms with van der Waals surface area (Å²) in [4.78, 5) is 14.6. The molecule has 0 bridgehead atoms. The second-order valence-electron chi connectivity index (χ2n) is 5.09. The van der Waals surface area contributed by atoms with Gasteiger partial charge in [-0.3, -0.25) is 9.69 Å². The SMILES string of the molecule is CCC1CCC(C)N1CC(=O)c1cccc(Cl)c1. The average molecular weight is 266 g/mol. The van der Waals surface area contributed by atoms with E-state index in [1.54, 1.807) is 12.1 Å². The molecule has 0 radical (unpaired) electrons. The summed E-state index contributed by atoms with van der Waals surface area (Å²) in [6.45, 7) is 4.92. The predicted molar refractivity (Wildman–Crippen MR) is 75.3 cm³/mol. The highest BCUT2D eigenvalue weighted by molar-refractivity contribution is 6.31. The Labute approximate surface area is 114 Å². The average Bonchev–Trinajstić information content (AvgIpc) is 2.70. The van der Waals surface area contributed by atoms with Crippen LogP contribution in [0.4, 0.5) is 0 Å². The first-order valence-electron chi connectivity index (χ1n) is 6.66. The van der Waals surface area contributed by atoms with Crippen molar-refractivity contribution >= 4 is 17.4 Å². The third-order valence-electron chi connectivity index (χ3n) is 3.90. The van der Waals surface area contributed by atoms with E-state index in [-0.39, 0.29) is 5.78 Å². The number of hydrogen-bond acceptors (Lipinski definition) is 2. The summed E-state index contributed by atoms with van der Waals surface area (Å²) in [5.74, 6) is 0.171. The Hall–Kier alpha value is -0.860. The molecule has 0 aliphatic carbocycles. The van der Waals surface area contributed by atoms with Crippen LogP contribution < -0.4 is 0 Å². The number of Topliss-reactive ketones (excluding diaryl/α,β-unsaturated/α-hetero) is 1. The van der Waals surface area contributed by atoms with Gasteiger partial charge in [0.15, 0.2) is 5.78 Å². The fourth-order valence-electron chi connectivity index (χ4n) is 2.77. The lowest BCUT2D eigenvalue weighted by Crippen LogP contribution is -2.38. The van der Waals surface area contributed by atoms with Crippen LogP contribution in [0.3, 0.4) is 0 Å². The summed E-state index contributed by atoms with van der Waals surface area (Å²) in [6.07, 6.45) is 3.52. The Morgan fingerprint density at radius 1 is 1.44 bits per heavy atom.